The first kappa shape index (κ1) is 14.2. The summed E-state index contributed by atoms with van der Waals surface area (Å²) in [5, 5.41) is 14.3. The summed E-state index contributed by atoms with van der Waals surface area (Å²) in [5.41, 5.74) is 1.80. The number of nitrogens with one attached hydrogen (secondary N) is 1. The van der Waals surface area contributed by atoms with E-state index in [4.69, 9.17) is 4.74 Å². The monoisotopic (exact) mass is 288 g/mol. The van der Waals surface area contributed by atoms with Gasteiger partial charge >= 0.3 is 0 Å². The molecule has 3 unspecified atom stereocenters. The lowest BCUT2D eigenvalue weighted by molar-refractivity contribution is -0.384. The Labute approximate surface area is 124 Å². The molecule has 3 rings (SSSR count). The van der Waals surface area contributed by atoms with E-state index in [-0.39, 0.29) is 28.5 Å². The average molecular weight is 288 g/mol. The number of nitro benzene ring substituents is 1. The third kappa shape index (κ3) is 2.36. The van der Waals surface area contributed by atoms with Gasteiger partial charge in [0, 0.05) is 18.2 Å². The summed E-state index contributed by atoms with van der Waals surface area (Å²) in [6, 6.07) is 6.85. The van der Waals surface area contributed by atoms with E-state index in [0.29, 0.717) is 0 Å². The fourth-order valence-corrected chi connectivity index (χ4v) is 3.48. The maximum atomic E-state index is 10.7. The first-order valence-electron chi connectivity index (χ1n) is 7.37. The topological polar surface area (TPSA) is 64.4 Å². The van der Waals surface area contributed by atoms with E-state index in [1.807, 2.05) is 6.92 Å². The van der Waals surface area contributed by atoms with Gasteiger partial charge < -0.3 is 4.74 Å². The smallest absolute Gasteiger partial charge is 0.269 e. The number of hydrogen-bond donors (Lipinski definition) is 1. The van der Waals surface area contributed by atoms with Crippen LogP contribution in [0.4, 0.5) is 5.69 Å². The second-order valence-corrected chi connectivity index (χ2v) is 5.98. The van der Waals surface area contributed by atoms with Crippen LogP contribution in [0, 0.1) is 10.1 Å². The molecular formula is C16H20N2O3. The highest BCUT2D eigenvalue weighted by Gasteiger charge is 2.50. The summed E-state index contributed by atoms with van der Waals surface area (Å²) in [4.78, 5) is 10.3. The minimum Gasteiger partial charge on any atom is -0.347 e. The quantitative estimate of drug-likeness (QED) is 0.525. The van der Waals surface area contributed by atoms with Crippen LogP contribution in [0.1, 0.15) is 44.4 Å². The van der Waals surface area contributed by atoms with Crippen LogP contribution in [0.5, 0.6) is 0 Å². The minimum absolute atomic E-state index is 0.101. The molecule has 3 atom stereocenters. The fraction of sp³-hybridized carbons (Fsp3) is 0.500. The van der Waals surface area contributed by atoms with Gasteiger partial charge in [0.25, 0.3) is 5.69 Å². The van der Waals surface area contributed by atoms with Gasteiger partial charge in [0.2, 0.25) is 0 Å². The summed E-state index contributed by atoms with van der Waals surface area (Å²) in [6.07, 6.45) is 4.20. The van der Waals surface area contributed by atoms with E-state index in [9.17, 15) is 10.1 Å². The molecule has 0 radical (unpaired) electrons. The Morgan fingerprint density at radius 2 is 2.14 bits per heavy atom. The van der Waals surface area contributed by atoms with Gasteiger partial charge in [-0.3, -0.25) is 15.4 Å². The van der Waals surface area contributed by atoms with E-state index in [2.05, 4.69) is 11.9 Å². The molecule has 5 nitrogen and oxygen atoms in total. The van der Waals surface area contributed by atoms with E-state index in [1.165, 1.54) is 18.6 Å². The van der Waals surface area contributed by atoms with E-state index in [1.54, 1.807) is 12.1 Å². The normalized spacial score (nSPS) is 31.7. The Bertz CT molecular complexity index is 569. The molecule has 1 aromatic carbocycles. The molecular weight excluding hydrogens is 268 g/mol. The van der Waals surface area contributed by atoms with Crippen molar-refractivity contribution in [2.75, 3.05) is 0 Å². The molecule has 0 aromatic heterocycles. The van der Waals surface area contributed by atoms with E-state index in [0.717, 1.165) is 30.4 Å². The Hall–Kier alpha value is -1.72. The van der Waals surface area contributed by atoms with Gasteiger partial charge in [-0.15, -0.1) is 0 Å². The zero-order valence-corrected chi connectivity index (χ0v) is 12.2. The van der Waals surface area contributed by atoms with Gasteiger partial charge in [0.05, 0.1) is 4.92 Å². The maximum absolute atomic E-state index is 10.7. The molecule has 1 N–H and O–H groups in total. The lowest BCUT2D eigenvalue weighted by atomic mass is 9.77. The van der Waals surface area contributed by atoms with Gasteiger partial charge in [-0.2, -0.15) is 0 Å². The van der Waals surface area contributed by atoms with Gasteiger partial charge in [-0.1, -0.05) is 19.4 Å². The highest BCUT2D eigenvalue weighted by molar-refractivity contribution is 5.35. The Kier molecular flexibility index (Phi) is 3.55. The predicted molar refractivity (Wildman–Crippen MR) is 79.9 cm³/mol. The summed E-state index contributed by atoms with van der Waals surface area (Å²) in [6.45, 7) is 6.15. The number of nitrogens with zero attached hydrogens (tertiary/aromatic N) is 1. The van der Waals surface area contributed by atoms with Crippen molar-refractivity contribution in [2.24, 2.45) is 0 Å². The lowest BCUT2D eigenvalue weighted by Gasteiger charge is -2.38. The number of hydrogen-bond acceptors (Lipinski definition) is 4. The average Bonchev–Trinajstić information content (AvgIpc) is 2.88. The summed E-state index contributed by atoms with van der Waals surface area (Å²) < 4.78 is 6.32. The lowest BCUT2D eigenvalue weighted by Crippen LogP contribution is -2.46. The third-order valence-electron chi connectivity index (χ3n) is 4.66. The Balaban J connectivity index is 1.85. The molecule has 112 valence electrons. The first-order valence-corrected chi connectivity index (χ1v) is 7.37. The minimum atomic E-state index is -0.387. The second-order valence-electron chi connectivity index (χ2n) is 5.98. The van der Waals surface area contributed by atoms with E-state index >= 15 is 0 Å². The molecule has 1 aliphatic heterocycles. The third-order valence-corrected chi connectivity index (χ3v) is 4.66. The van der Waals surface area contributed by atoms with Crippen LogP contribution in [0.25, 0.3) is 0 Å². The largest absolute Gasteiger partial charge is 0.347 e. The second kappa shape index (κ2) is 5.24. The van der Waals surface area contributed by atoms with Crippen LogP contribution in [-0.2, 0) is 4.74 Å². The maximum Gasteiger partial charge on any atom is 0.269 e. The number of rotatable bonds is 3. The summed E-state index contributed by atoms with van der Waals surface area (Å²) >= 11 is 0. The van der Waals surface area contributed by atoms with Crippen molar-refractivity contribution >= 4 is 5.69 Å². The van der Waals surface area contributed by atoms with Crippen LogP contribution in [0.15, 0.2) is 36.4 Å². The number of ether oxygens (including phenoxy) is 1. The van der Waals surface area contributed by atoms with Crippen molar-refractivity contribution in [2.45, 2.75) is 50.5 Å². The standard InChI is InChI=1S/C16H20N2O3/c1-11(2)16-10-4-3-5-14(16)17-15(21-16)12-6-8-13(9-7-12)18(19)20/h6-9,14-15,17H,1,3-5,10H2,2H3. The summed E-state index contributed by atoms with van der Waals surface area (Å²) in [5.74, 6) is 0. The molecule has 0 spiro atoms. The van der Waals surface area contributed by atoms with Crippen LogP contribution in [-0.4, -0.2) is 16.6 Å². The van der Waals surface area contributed by atoms with Crippen molar-refractivity contribution in [3.8, 4) is 0 Å². The fourth-order valence-electron chi connectivity index (χ4n) is 3.48. The molecule has 1 heterocycles. The van der Waals surface area contributed by atoms with Crippen LogP contribution < -0.4 is 5.32 Å². The number of nitro groups is 1. The van der Waals surface area contributed by atoms with Crippen molar-refractivity contribution in [3.63, 3.8) is 0 Å². The molecule has 1 saturated heterocycles. The molecule has 2 fully saturated rings. The van der Waals surface area contributed by atoms with Gasteiger partial charge in [-0.25, -0.2) is 0 Å². The highest BCUT2D eigenvalue weighted by atomic mass is 16.6. The first-order chi connectivity index (χ1) is 10.0. The van der Waals surface area contributed by atoms with Gasteiger partial charge in [0.1, 0.15) is 11.8 Å². The molecule has 1 aromatic rings. The molecule has 1 saturated carbocycles. The summed E-state index contributed by atoms with van der Waals surface area (Å²) in [7, 11) is 0. The van der Waals surface area contributed by atoms with E-state index < -0.39 is 0 Å². The number of non-ortho nitro benzene ring substituents is 1. The van der Waals surface area contributed by atoms with Crippen molar-refractivity contribution < 1.29 is 9.66 Å². The SMILES string of the molecule is C=C(C)C12CCCCC1NC(c1ccc([N+](=O)[O-])cc1)O2. The van der Waals surface area contributed by atoms with Crippen molar-refractivity contribution in [3.05, 3.63) is 52.1 Å². The highest BCUT2D eigenvalue weighted by Crippen LogP contribution is 2.45. The van der Waals surface area contributed by atoms with Crippen LogP contribution in [0.2, 0.25) is 0 Å². The van der Waals surface area contributed by atoms with Gasteiger partial charge in [-0.05, 0) is 43.0 Å². The van der Waals surface area contributed by atoms with Crippen LogP contribution in [0.3, 0.4) is 0 Å². The van der Waals surface area contributed by atoms with Gasteiger partial charge in [0.15, 0.2) is 0 Å². The zero-order valence-electron chi connectivity index (χ0n) is 12.2. The Morgan fingerprint density at radius 1 is 1.43 bits per heavy atom. The molecule has 0 bridgehead atoms. The zero-order chi connectivity index (χ0) is 15.0. The predicted octanol–water partition coefficient (Wildman–Crippen LogP) is 3.47. The molecule has 0 amide bonds. The van der Waals surface area contributed by atoms with Crippen molar-refractivity contribution in [1.82, 2.24) is 5.32 Å². The molecule has 1 aliphatic carbocycles. The van der Waals surface area contributed by atoms with Crippen LogP contribution >= 0.6 is 0 Å². The Morgan fingerprint density at radius 3 is 2.71 bits per heavy atom. The number of fused-ring (bicyclic) bond motifs is 1. The molecule has 2 aliphatic rings. The molecule has 21 heavy (non-hydrogen) atoms. The number of benzene rings is 1. The molecule has 5 heteroatoms. The van der Waals surface area contributed by atoms with Crippen molar-refractivity contribution in [1.29, 1.82) is 0 Å².